The molecule has 0 N–H and O–H groups in total. The van der Waals surface area contributed by atoms with E-state index in [4.69, 9.17) is 14.7 Å². The second-order valence-electron chi connectivity index (χ2n) is 9.43. The topological polar surface area (TPSA) is 75.1 Å². The Morgan fingerprint density at radius 1 is 1.08 bits per heavy atom. The molecule has 1 fully saturated rings. The Balaban J connectivity index is 1.63. The number of rotatable bonds is 5. The largest absolute Gasteiger partial charge is 0.440 e. The number of aromatic nitrogens is 2. The number of pyridine rings is 1. The minimum Gasteiger partial charge on any atom is -0.440 e. The molecule has 0 unspecified atom stereocenters. The van der Waals surface area contributed by atoms with Crippen molar-refractivity contribution in [2.45, 2.75) is 32.6 Å². The van der Waals surface area contributed by atoms with Crippen molar-refractivity contribution in [2.75, 3.05) is 19.6 Å². The molecule has 1 aliphatic rings. The average Bonchev–Trinajstić information content (AvgIpc) is 3.31. The van der Waals surface area contributed by atoms with E-state index in [1.165, 1.54) is 18.2 Å². The fourth-order valence-electron chi connectivity index (χ4n) is 4.99. The lowest BCUT2D eigenvalue weighted by molar-refractivity contribution is 0.220. The summed E-state index contributed by atoms with van der Waals surface area (Å²) in [5.41, 5.74) is 3.52. The van der Waals surface area contributed by atoms with E-state index in [1.807, 2.05) is 32.0 Å². The number of para-hydroxylation sites is 1. The Hall–Kier alpha value is -4.09. The molecule has 6 nitrogen and oxygen atoms in total. The summed E-state index contributed by atoms with van der Waals surface area (Å²) in [6, 6.07) is 14.4. The molecular weight excluding hydrogens is 474 g/mol. The molecule has 8 heteroatoms. The molecule has 3 heterocycles. The zero-order chi connectivity index (χ0) is 26.1. The molecule has 37 heavy (non-hydrogen) atoms. The van der Waals surface area contributed by atoms with Crippen LogP contribution in [0.15, 0.2) is 63.9 Å². The van der Waals surface area contributed by atoms with Gasteiger partial charge in [-0.2, -0.15) is 5.26 Å². The average molecular weight is 501 g/mol. The van der Waals surface area contributed by atoms with Gasteiger partial charge in [0.05, 0.1) is 23.9 Å². The number of nitrogens with zero attached hydrogens (tertiary/aromatic N) is 4. The number of halogens is 2. The van der Waals surface area contributed by atoms with E-state index in [0.717, 1.165) is 48.8 Å². The highest BCUT2D eigenvalue weighted by atomic mass is 19.1. The molecule has 0 amide bonds. The van der Waals surface area contributed by atoms with E-state index in [9.17, 15) is 13.6 Å². The molecule has 1 aliphatic heterocycles. The van der Waals surface area contributed by atoms with Crippen molar-refractivity contribution in [3.05, 3.63) is 93.7 Å². The predicted molar refractivity (Wildman–Crippen MR) is 136 cm³/mol. The number of aryl methyl sites for hydroxylation is 2. The van der Waals surface area contributed by atoms with Gasteiger partial charge in [-0.15, -0.1) is 0 Å². The molecule has 1 saturated heterocycles. The van der Waals surface area contributed by atoms with Crippen LogP contribution in [0.3, 0.4) is 0 Å². The predicted octanol–water partition coefficient (Wildman–Crippen LogP) is 5.76. The highest BCUT2D eigenvalue weighted by molar-refractivity contribution is 5.77. The van der Waals surface area contributed by atoms with Gasteiger partial charge in [0, 0.05) is 29.8 Å². The standard InChI is InChI=1S/C29H26F2N4O2/c1-18-4-3-5-19(2)27(18)35-17-21(6-9-25(35)36)26-28(23-8-7-22(30)16-24(23)31)37-29(33-26)20-10-13-34(14-11-20)15-12-32/h3-9,16-17,20H,10-11,13-15H2,1-2H3. The third kappa shape index (κ3) is 4.83. The summed E-state index contributed by atoms with van der Waals surface area (Å²) in [4.78, 5) is 19.7. The molecule has 0 atom stereocenters. The van der Waals surface area contributed by atoms with E-state index in [0.29, 0.717) is 23.7 Å². The number of hydrogen-bond donors (Lipinski definition) is 0. The van der Waals surface area contributed by atoms with Crippen molar-refractivity contribution in [2.24, 2.45) is 0 Å². The lowest BCUT2D eigenvalue weighted by atomic mass is 9.97. The lowest BCUT2D eigenvalue weighted by Crippen LogP contribution is -2.33. The molecule has 0 saturated carbocycles. The van der Waals surface area contributed by atoms with Crippen LogP contribution in [0.2, 0.25) is 0 Å². The number of nitriles is 1. The monoisotopic (exact) mass is 500 g/mol. The smallest absolute Gasteiger partial charge is 0.255 e. The molecule has 0 aliphatic carbocycles. The molecule has 0 radical (unpaired) electrons. The summed E-state index contributed by atoms with van der Waals surface area (Å²) in [6.45, 7) is 5.71. The number of piperidine rings is 1. The zero-order valence-electron chi connectivity index (χ0n) is 20.7. The second-order valence-corrected chi connectivity index (χ2v) is 9.43. The van der Waals surface area contributed by atoms with E-state index in [1.54, 1.807) is 16.8 Å². The van der Waals surface area contributed by atoms with Gasteiger partial charge in [0.1, 0.15) is 17.3 Å². The molecule has 0 spiro atoms. The van der Waals surface area contributed by atoms with Gasteiger partial charge in [-0.3, -0.25) is 14.3 Å². The maximum atomic E-state index is 14.9. The number of benzene rings is 2. The molecule has 188 valence electrons. The maximum absolute atomic E-state index is 14.9. The van der Waals surface area contributed by atoms with E-state index < -0.39 is 11.6 Å². The Morgan fingerprint density at radius 3 is 2.49 bits per heavy atom. The van der Waals surface area contributed by atoms with Crippen LogP contribution in [0.1, 0.15) is 35.8 Å². The minimum atomic E-state index is -0.754. The van der Waals surface area contributed by atoms with Gasteiger partial charge >= 0.3 is 0 Å². The number of hydrogen-bond acceptors (Lipinski definition) is 5. The Morgan fingerprint density at radius 2 is 1.81 bits per heavy atom. The highest BCUT2D eigenvalue weighted by Crippen LogP contribution is 2.38. The van der Waals surface area contributed by atoms with Crippen LogP contribution < -0.4 is 5.56 Å². The highest BCUT2D eigenvalue weighted by Gasteiger charge is 2.28. The summed E-state index contributed by atoms with van der Waals surface area (Å²) in [5, 5.41) is 8.99. The summed E-state index contributed by atoms with van der Waals surface area (Å²) in [6.07, 6.45) is 3.18. The van der Waals surface area contributed by atoms with Crippen LogP contribution >= 0.6 is 0 Å². The Kier molecular flexibility index (Phi) is 6.72. The first-order chi connectivity index (χ1) is 17.9. The molecule has 0 bridgehead atoms. The SMILES string of the molecule is Cc1cccc(C)c1-n1cc(-c2nc(C3CCN(CC#N)CC3)oc2-c2ccc(F)cc2F)ccc1=O. The van der Waals surface area contributed by atoms with Crippen LogP contribution in [0, 0.1) is 36.8 Å². The summed E-state index contributed by atoms with van der Waals surface area (Å²) in [5.74, 6) is -0.781. The Bertz CT molecular complexity index is 1540. The fraction of sp³-hybridized carbons (Fsp3) is 0.276. The van der Waals surface area contributed by atoms with Gasteiger partial charge < -0.3 is 4.42 Å². The zero-order valence-corrected chi connectivity index (χ0v) is 20.7. The molecule has 5 rings (SSSR count). The van der Waals surface area contributed by atoms with Crippen molar-refractivity contribution in [1.29, 1.82) is 5.26 Å². The molecule has 2 aromatic heterocycles. The Labute approximate surface area is 213 Å². The van der Waals surface area contributed by atoms with Crippen LogP contribution in [0.25, 0.3) is 28.3 Å². The molecule has 2 aromatic carbocycles. The van der Waals surface area contributed by atoms with Crippen molar-refractivity contribution < 1.29 is 13.2 Å². The number of likely N-dealkylation sites (tertiary alicyclic amines) is 1. The number of oxazole rings is 1. The van der Waals surface area contributed by atoms with E-state index in [2.05, 4.69) is 11.0 Å². The van der Waals surface area contributed by atoms with Crippen molar-refractivity contribution in [3.63, 3.8) is 0 Å². The first-order valence-electron chi connectivity index (χ1n) is 12.2. The van der Waals surface area contributed by atoms with Crippen LogP contribution in [-0.4, -0.2) is 34.1 Å². The van der Waals surface area contributed by atoms with Gasteiger partial charge in [-0.25, -0.2) is 13.8 Å². The van der Waals surface area contributed by atoms with E-state index >= 15 is 0 Å². The van der Waals surface area contributed by atoms with Gasteiger partial charge in [0.25, 0.3) is 5.56 Å². The van der Waals surface area contributed by atoms with Crippen LogP contribution in [0.4, 0.5) is 8.78 Å². The van der Waals surface area contributed by atoms with Crippen molar-refractivity contribution >= 4 is 0 Å². The fourth-order valence-corrected chi connectivity index (χ4v) is 4.99. The third-order valence-corrected chi connectivity index (χ3v) is 6.92. The third-order valence-electron chi connectivity index (χ3n) is 6.92. The second kappa shape index (κ2) is 10.1. The van der Waals surface area contributed by atoms with Gasteiger partial charge in [0.15, 0.2) is 11.7 Å². The normalized spacial score (nSPS) is 14.6. The van der Waals surface area contributed by atoms with Gasteiger partial charge in [0.2, 0.25) is 0 Å². The first-order valence-corrected chi connectivity index (χ1v) is 12.2. The van der Waals surface area contributed by atoms with Gasteiger partial charge in [-0.1, -0.05) is 18.2 Å². The summed E-state index contributed by atoms with van der Waals surface area (Å²) >= 11 is 0. The maximum Gasteiger partial charge on any atom is 0.255 e. The quantitative estimate of drug-likeness (QED) is 0.326. The summed E-state index contributed by atoms with van der Waals surface area (Å²) < 4.78 is 36.4. The van der Waals surface area contributed by atoms with Gasteiger partial charge in [-0.05, 0) is 69.1 Å². The molecular formula is C29H26F2N4O2. The van der Waals surface area contributed by atoms with Crippen LogP contribution in [-0.2, 0) is 0 Å². The minimum absolute atomic E-state index is 0.00419. The summed E-state index contributed by atoms with van der Waals surface area (Å²) in [7, 11) is 0. The van der Waals surface area contributed by atoms with Crippen LogP contribution in [0.5, 0.6) is 0 Å². The first kappa shape index (κ1) is 24.6. The van der Waals surface area contributed by atoms with E-state index in [-0.39, 0.29) is 22.8 Å². The molecule has 4 aromatic rings. The van der Waals surface area contributed by atoms with Crippen molar-refractivity contribution in [3.8, 4) is 34.3 Å². The van der Waals surface area contributed by atoms with Crippen molar-refractivity contribution in [1.82, 2.24) is 14.5 Å². The lowest BCUT2D eigenvalue weighted by Gasteiger charge is -2.28.